The zero-order valence-corrected chi connectivity index (χ0v) is 16.9. The molecule has 0 radical (unpaired) electrons. The smallest absolute Gasteiger partial charge is 0.140 e. The highest BCUT2D eigenvalue weighted by Gasteiger charge is 2.22. The normalized spacial score (nSPS) is 17.9. The summed E-state index contributed by atoms with van der Waals surface area (Å²) in [4.78, 5) is 9.01. The molecule has 3 aromatic heterocycles. The van der Waals surface area contributed by atoms with Crippen molar-refractivity contribution in [2.75, 3.05) is 18.5 Å². The summed E-state index contributed by atoms with van der Waals surface area (Å²) >= 11 is 0. The second-order valence-electron chi connectivity index (χ2n) is 8.10. The van der Waals surface area contributed by atoms with Gasteiger partial charge in [0.2, 0.25) is 0 Å². The van der Waals surface area contributed by atoms with Gasteiger partial charge in [-0.2, -0.15) is 0 Å². The molecule has 1 fully saturated rings. The van der Waals surface area contributed by atoms with E-state index in [1.54, 1.807) is 6.20 Å². The van der Waals surface area contributed by atoms with Crippen LogP contribution < -0.4 is 10.6 Å². The number of ether oxygens (including phenoxy) is 1. The largest absolute Gasteiger partial charge is 0.381 e. The lowest BCUT2D eigenvalue weighted by molar-refractivity contribution is 0.194. The van der Waals surface area contributed by atoms with Crippen molar-refractivity contribution in [3.8, 4) is 11.3 Å². The Bertz CT molecular complexity index is 1260. The molecule has 0 bridgehead atoms. The van der Waals surface area contributed by atoms with Crippen molar-refractivity contribution in [2.45, 2.75) is 25.4 Å². The molecule has 0 spiro atoms. The van der Waals surface area contributed by atoms with Gasteiger partial charge in [-0.1, -0.05) is 12.1 Å². The van der Waals surface area contributed by atoms with Crippen LogP contribution >= 0.6 is 0 Å². The van der Waals surface area contributed by atoms with E-state index < -0.39 is 0 Å². The molecule has 2 N–H and O–H groups in total. The van der Waals surface area contributed by atoms with Gasteiger partial charge in [-0.05, 0) is 41.3 Å². The lowest BCUT2D eigenvalue weighted by Crippen LogP contribution is -2.03. The summed E-state index contributed by atoms with van der Waals surface area (Å²) < 4.78 is 21.0. The highest BCUT2D eigenvalue weighted by molar-refractivity contribution is 5.75. The van der Waals surface area contributed by atoms with Gasteiger partial charge in [0.1, 0.15) is 17.3 Å². The maximum atomic E-state index is 13.6. The number of rotatable bonds is 4. The molecule has 2 aliphatic rings. The minimum Gasteiger partial charge on any atom is -0.381 e. The standard InChI is InChI=1S/C24H22FN5O/c25-17-5-7-30-22(13-28-24(30)9-17)18-2-3-21(20-12-26-11-19(18)20)29-23-4-1-15(10-27-23)16-6-8-31-14-16/h1-5,7,9-10,13,16,26H,6,8,11-12,14H2,(H,27,29)/t16-/m1/s1. The Morgan fingerprint density at radius 1 is 1.06 bits per heavy atom. The summed E-state index contributed by atoms with van der Waals surface area (Å²) in [5.41, 5.74) is 7.41. The van der Waals surface area contributed by atoms with E-state index in [9.17, 15) is 4.39 Å². The predicted molar refractivity (Wildman–Crippen MR) is 117 cm³/mol. The first-order valence-corrected chi connectivity index (χ1v) is 10.6. The van der Waals surface area contributed by atoms with Crippen LogP contribution in [0.2, 0.25) is 0 Å². The lowest BCUT2D eigenvalue weighted by Gasteiger charge is -2.15. The number of anilines is 2. The maximum absolute atomic E-state index is 13.6. The first-order valence-electron chi connectivity index (χ1n) is 10.6. The molecule has 4 aromatic rings. The van der Waals surface area contributed by atoms with Gasteiger partial charge >= 0.3 is 0 Å². The first-order chi connectivity index (χ1) is 15.3. The van der Waals surface area contributed by atoms with Crippen LogP contribution in [0.25, 0.3) is 16.9 Å². The number of nitrogens with zero attached hydrogens (tertiary/aromatic N) is 3. The van der Waals surface area contributed by atoms with E-state index in [4.69, 9.17) is 4.74 Å². The number of nitrogens with one attached hydrogen (secondary N) is 2. The summed E-state index contributed by atoms with van der Waals surface area (Å²) in [5, 5.41) is 6.94. The van der Waals surface area contributed by atoms with Crippen molar-refractivity contribution in [3.05, 3.63) is 77.5 Å². The molecule has 156 valence electrons. The number of imidazole rings is 1. The molecule has 31 heavy (non-hydrogen) atoms. The molecule has 7 heteroatoms. The Morgan fingerprint density at radius 2 is 2.00 bits per heavy atom. The van der Waals surface area contributed by atoms with Crippen molar-refractivity contribution in [1.82, 2.24) is 19.7 Å². The highest BCUT2D eigenvalue weighted by Crippen LogP contribution is 2.35. The van der Waals surface area contributed by atoms with Gasteiger partial charge in [0, 0.05) is 55.3 Å². The van der Waals surface area contributed by atoms with Crippen molar-refractivity contribution in [1.29, 1.82) is 0 Å². The van der Waals surface area contributed by atoms with Gasteiger partial charge < -0.3 is 15.4 Å². The fraction of sp³-hybridized carbons (Fsp3) is 0.250. The predicted octanol–water partition coefficient (Wildman–Crippen LogP) is 4.39. The van der Waals surface area contributed by atoms with Crippen molar-refractivity contribution in [3.63, 3.8) is 0 Å². The quantitative estimate of drug-likeness (QED) is 0.518. The van der Waals surface area contributed by atoms with Gasteiger partial charge in [0.15, 0.2) is 0 Å². The highest BCUT2D eigenvalue weighted by atomic mass is 19.1. The summed E-state index contributed by atoms with van der Waals surface area (Å²) in [6.07, 6.45) is 6.55. The lowest BCUT2D eigenvalue weighted by atomic mass is 9.99. The summed E-state index contributed by atoms with van der Waals surface area (Å²) in [6.45, 7) is 3.18. The molecule has 6 nitrogen and oxygen atoms in total. The molecule has 2 aliphatic heterocycles. The van der Waals surface area contributed by atoms with E-state index in [0.29, 0.717) is 11.6 Å². The van der Waals surface area contributed by atoms with Crippen LogP contribution in [0.1, 0.15) is 29.0 Å². The Balaban J connectivity index is 1.32. The van der Waals surface area contributed by atoms with Crippen LogP contribution in [0.3, 0.4) is 0 Å². The summed E-state index contributed by atoms with van der Waals surface area (Å²) in [6, 6.07) is 11.3. The molecular weight excluding hydrogens is 393 g/mol. The Morgan fingerprint density at radius 3 is 2.84 bits per heavy atom. The molecule has 1 atom stereocenters. The van der Waals surface area contributed by atoms with Gasteiger partial charge in [0.25, 0.3) is 0 Å². The van der Waals surface area contributed by atoms with E-state index >= 15 is 0 Å². The number of fused-ring (bicyclic) bond motifs is 2. The summed E-state index contributed by atoms with van der Waals surface area (Å²) in [5.74, 6) is 0.998. The van der Waals surface area contributed by atoms with Gasteiger partial charge in [-0.15, -0.1) is 0 Å². The fourth-order valence-electron chi connectivity index (χ4n) is 4.58. The maximum Gasteiger partial charge on any atom is 0.140 e. The number of hydrogen-bond acceptors (Lipinski definition) is 5. The minimum absolute atomic E-state index is 0.282. The van der Waals surface area contributed by atoms with Crippen LogP contribution in [0.4, 0.5) is 15.9 Å². The number of benzene rings is 1. The zero-order valence-electron chi connectivity index (χ0n) is 16.9. The van der Waals surface area contributed by atoms with E-state index in [0.717, 1.165) is 55.5 Å². The van der Waals surface area contributed by atoms with Crippen LogP contribution in [0.5, 0.6) is 0 Å². The second-order valence-corrected chi connectivity index (χ2v) is 8.10. The van der Waals surface area contributed by atoms with Crippen LogP contribution in [-0.2, 0) is 17.8 Å². The van der Waals surface area contributed by atoms with Gasteiger partial charge in [0.05, 0.1) is 18.5 Å². The van der Waals surface area contributed by atoms with E-state index in [1.807, 2.05) is 22.9 Å². The van der Waals surface area contributed by atoms with Crippen molar-refractivity contribution < 1.29 is 9.13 Å². The third-order valence-electron chi connectivity index (χ3n) is 6.24. The Labute approximate surface area is 179 Å². The molecule has 0 amide bonds. The number of halogens is 1. The van der Waals surface area contributed by atoms with Crippen molar-refractivity contribution >= 4 is 17.2 Å². The third-order valence-corrected chi connectivity index (χ3v) is 6.24. The van der Waals surface area contributed by atoms with Crippen LogP contribution in [0, 0.1) is 5.82 Å². The summed E-state index contributed by atoms with van der Waals surface area (Å²) in [7, 11) is 0. The Kier molecular flexibility index (Phi) is 4.44. The Hall–Kier alpha value is -3.29. The molecule has 1 saturated heterocycles. The van der Waals surface area contributed by atoms with E-state index in [1.165, 1.54) is 28.8 Å². The molecule has 0 saturated carbocycles. The van der Waals surface area contributed by atoms with Crippen LogP contribution in [0.15, 0.2) is 55.0 Å². The van der Waals surface area contributed by atoms with E-state index in [-0.39, 0.29) is 5.82 Å². The molecule has 5 heterocycles. The second kappa shape index (κ2) is 7.44. The molecule has 0 aliphatic carbocycles. The number of pyridine rings is 2. The van der Waals surface area contributed by atoms with Crippen LogP contribution in [-0.4, -0.2) is 27.6 Å². The number of aromatic nitrogens is 3. The average Bonchev–Trinajstić information content (AvgIpc) is 3.55. The molecule has 1 aromatic carbocycles. The minimum atomic E-state index is -0.282. The van der Waals surface area contributed by atoms with Gasteiger partial charge in [-0.25, -0.2) is 14.4 Å². The van der Waals surface area contributed by atoms with Crippen molar-refractivity contribution in [2.24, 2.45) is 0 Å². The number of hydrogen-bond donors (Lipinski definition) is 2. The molecule has 0 unspecified atom stereocenters. The van der Waals surface area contributed by atoms with Gasteiger partial charge in [-0.3, -0.25) is 4.40 Å². The molecule has 6 rings (SSSR count). The molecular formula is C24H22FN5O. The topological polar surface area (TPSA) is 63.5 Å². The SMILES string of the molecule is Fc1ccn2c(-c3ccc(Nc4ccc([C@@H]5CCOC5)cn4)c4c3CNC4)cnc2c1. The van der Waals surface area contributed by atoms with E-state index in [2.05, 4.69) is 38.8 Å². The average molecular weight is 415 g/mol. The zero-order chi connectivity index (χ0) is 20.8. The monoisotopic (exact) mass is 415 g/mol. The third kappa shape index (κ3) is 3.26. The fourth-order valence-corrected chi connectivity index (χ4v) is 4.58. The first kappa shape index (κ1) is 18.5.